The Labute approximate surface area is 129 Å². The van der Waals surface area contributed by atoms with Crippen LogP contribution in [-0.4, -0.2) is 18.6 Å². The van der Waals surface area contributed by atoms with E-state index < -0.39 is 0 Å². The Morgan fingerprint density at radius 1 is 1.25 bits per heavy atom. The molecule has 0 saturated carbocycles. The number of pyridine rings is 1. The van der Waals surface area contributed by atoms with Crippen LogP contribution in [0.25, 0.3) is 0 Å². The summed E-state index contributed by atoms with van der Waals surface area (Å²) in [6, 6.07) is 10.5. The molecule has 106 valence electrons. The molecule has 0 fully saturated rings. The molecule has 20 heavy (non-hydrogen) atoms. The third kappa shape index (κ3) is 3.81. The summed E-state index contributed by atoms with van der Waals surface area (Å²) < 4.78 is 1.07. The van der Waals surface area contributed by atoms with E-state index in [4.69, 9.17) is 5.73 Å². The van der Waals surface area contributed by atoms with Gasteiger partial charge in [0.1, 0.15) is 0 Å². The van der Waals surface area contributed by atoms with Crippen LogP contribution >= 0.6 is 15.9 Å². The second kappa shape index (κ2) is 6.86. The standard InChI is InChI=1S/C16H20BrN3/c1-12(18)15-4-3-14(11-16(15)17)20(2)10-7-13-5-8-19-9-6-13/h3-6,8-9,11-12H,7,10,18H2,1-2H3. The lowest BCUT2D eigenvalue weighted by molar-refractivity contribution is 0.811. The van der Waals surface area contributed by atoms with Crippen molar-refractivity contribution in [2.24, 2.45) is 5.73 Å². The third-order valence-electron chi connectivity index (χ3n) is 3.40. The van der Waals surface area contributed by atoms with Crippen molar-refractivity contribution in [3.63, 3.8) is 0 Å². The zero-order valence-corrected chi connectivity index (χ0v) is 13.5. The normalized spacial score (nSPS) is 12.2. The molecule has 1 atom stereocenters. The summed E-state index contributed by atoms with van der Waals surface area (Å²) in [5.41, 5.74) is 9.56. The van der Waals surface area contributed by atoms with Crippen molar-refractivity contribution >= 4 is 21.6 Å². The van der Waals surface area contributed by atoms with Crippen LogP contribution in [0.2, 0.25) is 0 Å². The van der Waals surface area contributed by atoms with Crippen LogP contribution < -0.4 is 10.6 Å². The van der Waals surface area contributed by atoms with E-state index in [0.717, 1.165) is 23.0 Å². The van der Waals surface area contributed by atoms with Crippen molar-refractivity contribution in [3.05, 3.63) is 58.3 Å². The molecule has 1 aromatic carbocycles. The van der Waals surface area contributed by atoms with Crippen molar-refractivity contribution in [3.8, 4) is 0 Å². The Hall–Kier alpha value is -1.39. The summed E-state index contributed by atoms with van der Waals surface area (Å²) in [6.45, 7) is 2.96. The van der Waals surface area contributed by atoms with Gasteiger partial charge in [-0.05, 0) is 48.7 Å². The zero-order valence-electron chi connectivity index (χ0n) is 11.9. The first-order valence-corrected chi connectivity index (χ1v) is 7.52. The van der Waals surface area contributed by atoms with E-state index in [1.165, 1.54) is 11.3 Å². The molecule has 0 bridgehead atoms. The summed E-state index contributed by atoms with van der Waals surface area (Å²) in [6.07, 6.45) is 4.68. The minimum atomic E-state index is 0.0422. The third-order valence-corrected chi connectivity index (χ3v) is 4.09. The highest BCUT2D eigenvalue weighted by Crippen LogP contribution is 2.27. The molecule has 2 N–H and O–H groups in total. The van der Waals surface area contributed by atoms with E-state index in [9.17, 15) is 0 Å². The molecule has 3 nitrogen and oxygen atoms in total. The number of hydrogen-bond donors (Lipinski definition) is 1. The maximum absolute atomic E-state index is 5.93. The van der Waals surface area contributed by atoms with Crippen LogP contribution in [0, 0.1) is 0 Å². The minimum Gasteiger partial charge on any atom is -0.374 e. The highest BCUT2D eigenvalue weighted by atomic mass is 79.9. The molecule has 1 aromatic heterocycles. The molecule has 1 unspecified atom stereocenters. The number of hydrogen-bond acceptors (Lipinski definition) is 3. The molecule has 1 heterocycles. The Morgan fingerprint density at radius 3 is 2.55 bits per heavy atom. The molecule has 0 aliphatic carbocycles. The van der Waals surface area contributed by atoms with Gasteiger partial charge in [-0.2, -0.15) is 0 Å². The van der Waals surface area contributed by atoms with Crippen molar-refractivity contribution in [2.45, 2.75) is 19.4 Å². The lowest BCUT2D eigenvalue weighted by Gasteiger charge is -2.21. The minimum absolute atomic E-state index is 0.0422. The number of likely N-dealkylation sites (N-methyl/N-ethyl adjacent to an activating group) is 1. The first-order valence-electron chi connectivity index (χ1n) is 6.73. The van der Waals surface area contributed by atoms with Gasteiger partial charge < -0.3 is 10.6 Å². The lowest BCUT2D eigenvalue weighted by atomic mass is 10.1. The molecule has 2 aromatic rings. The molecular formula is C16H20BrN3. The maximum Gasteiger partial charge on any atom is 0.0375 e. The van der Waals surface area contributed by atoms with E-state index >= 15 is 0 Å². The van der Waals surface area contributed by atoms with Gasteiger partial charge >= 0.3 is 0 Å². The summed E-state index contributed by atoms with van der Waals surface area (Å²) in [7, 11) is 2.11. The average molecular weight is 334 g/mol. The van der Waals surface area contributed by atoms with Gasteiger partial charge in [0.05, 0.1) is 0 Å². The SMILES string of the molecule is CC(N)c1ccc(N(C)CCc2ccncc2)cc1Br. The first-order chi connectivity index (χ1) is 9.58. The second-order valence-electron chi connectivity index (χ2n) is 5.02. The van der Waals surface area contributed by atoms with Crippen LogP contribution in [0.3, 0.4) is 0 Å². The number of rotatable bonds is 5. The molecule has 0 radical (unpaired) electrons. The summed E-state index contributed by atoms with van der Waals surface area (Å²) in [5, 5.41) is 0. The molecule has 0 aliphatic heterocycles. The monoisotopic (exact) mass is 333 g/mol. The molecule has 0 amide bonds. The van der Waals surface area contributed by atoms with E-state index in [1.807, 2.05) is 19.3 Å². The number of nitrogens with two attached hydrogens (primary N) is 1. The molecule has 4 heteroatoms. The highest BCUT2D eigenvalue weighted by molar-refractivity contribution is 9.10. The maximum atomic E-state index is 5.93. The van der Waals surface area contributed by atoms with Crippen molar-refractivity contribution in [2.75, 3.05) is 18.5 Å². The van der Waals surface area contributed by atoms with Crippen LogP contribution in [0.4, 0.5) is 5.69 Å². The fourth-order valence-electron chi connectivity index (χ4n) is 2.10. The fourth-order valence-corrected chi connectivity index (χ4v) is 2.83. The summed E-state index contributed by atoms with van der Waals surface area (Å²) in [5.74, 6) is 0. The second-order valence-corrected chi connectivity index (χ2v) is 5.88. The Bertz CT molecular complexity index is 555. The van der Waals surface area contributed by atoms with Gasteiger partial charge in [-0.25, -0.2) is 0 Å². The van der Waals surface area contributed by atoms with Gasteiger partial charge in [0.25, 0.3) is 0 Å². The van der Waals surface area contributed by atoms with E-state index in [2.05, 4.69) is 63.2 Å². The van der Waals surface area contributed by atoms with Crippen LogP contribution in [0.15, 0.2) is 47.2 Å². The molecule has 2 rings (SSSR count). The van der Waals surface area contributed by atoms with Crippen LogP contribution in [0.1, 0.15) is 24.1 Å². The Balaban J connectivity index is 2.02. The van der Waals surface area contributed by atoms with E-state index in [0.29, 0.717) is 0 Å². The highest BCUT2D eigenvalue weighted by Gasteiger charge is 2.08. The van der Waals surface area contributed by atoms with Gasteiger partial charge in [0.15, 0.2) is 0 Å². The summed E-state index contributed by atoms with van der Waals surface area (Å²) in [4.78, 5) is 6.28. The van der Waals surface area contributed by atoms with Gasteiger partial charge in [-0.3, -0.25) is 4.98 Å². The zero-order chi connectivity index (χ0) is 14.5. The number of nitrogens with zero attached hydrogens (tertiary/aromatic N) is 2. The van der Waals surface area contributed by atoms with Crippen LogP contribution in [-0.2, 0) is 6.42 Å². The smallest absolute Gasteiger partial charge is 0.0375 e. The number of halogens is 1. The quantitative estimate of drug-likeness (QED) is 0.909. The summed E-state index contributed by atoms with van der Waals surface area (Å²) >= 11 is 3.60. The van der Waals surface area contributed by atoms with Gasteiger partial charge in [0, 0.05) is 42.2 Å². The molecular weight excluding hydrogens is 314 g/mol. The first kappa shape index (κ1) is 15.0. The van der Waals surface area contributed by atoms with Crippen molar-refractivity contribution < 1.29 is 0 Å². The predicted octanol–water partition coefficient (Wildman–Crippen LogP) is 3.54. The Morgan fingerprint density at radius 2 is 1.95 bits per heavy atom. The topological polar surface area (TPSA) is 42.1 Å². The van der Waals surface area contributed by atoms with Gasteiger partial charge in [-0.15, -0.1) is 0 Å². The van der Waals surface area contributed by atoms with Crippen molar-refractivity contribution in [1.29, 1.82) is 0 Å². The predicted molar refractivity (Wildman–Crippen MR) is 88.0 cm³/mol. The van der Waals surface area contributed by atoms with E-state index in [-0.39, 0.29) is 6.04 Å². The molecule has 0 saturated heterocycles. The molecule has 0 spiro atoms. The van der Waals surface area contributed by atoms with E-state index in [1.54, 1.807) is 0 Å². The fraction of sp³-hybridized carbons (Fsp3) is 0.312. The number of anilines is 1. The lowest BCUT2D eigenvalue weighted by Crippen LogP contribution is -2.20. The Kier molecular flexibility index (Phi) is 5.15. The number of benzene rings is 1. The van der Waals surface area contributed by atoms with Gasteiger partial charge in [-0.1, -0.05) is 22.0 Å². The molecule has 0 aliphatic rings. The average Bonchev–Trinajstić information content (AvgIpc) is 2.45. The van der Waals surface area contributed by atoms with Crippen LogP contribution in [0.5, 0.6) is 0 Å². The van der Waals surface area contributed by atoms with Gasteiger partial charge in [0.2, 0.25) is 0 Å². The van der Waals surface area contributed by atoms with Crippen molar-refractivity contribution in [1.82, 2.24) is 4.98 Å². The largest absolute Gasteiger partial charge is 0.374 e. The number of aromatic nitrogens is 1.